The molecule has 126 valence electrons. The Morgan fingerprint density at radius 3 is 2.43 bits per heavy atom. The molecule has 1 aromatic rings. The molecule has 1 aliphatic heterocycles. The molecule has 1 atom stereocenters. The average molecular weight is 320 g/mol. The molecule has 23 heavy (non-hydrogen) atoms. The Kier molecular flexibility index (Phi) is 5.13. The first-order valence-electron chi connectivity index (χ1n) is 7.71. The number of carbonyl (C=O) groups is 2. The molecule has 0 aromatic heterocycles. The van der Waals surface area contributed by atoms with Crippen molar-refractivity contribution in [1.82, 2.24) is 5.32 Å². The van der Waals surface area contributed by atoms with Crippen molar-refractivity contribution in [2.45, 2.75) is 38.8 Å². The molecule has 1 heterocycles. The van der Waals surface area contributed by atoms with E-state index in [1.807, 2.05) is 32.9 Å². The first-order valence-corrected chi connectivity index (χ1v) is 7.71. The van der Waals surface area contributed by atoms with Gasteiger partial charge in [0.2, 0.25) is 0 Å². The Morgan fingerprint density at radius 2 is 1.87 bits per heavy atom. The van der Waals surface area contributed by atoms with Gasteiger partial charge in [-0.25, -0.2) is 9.59 Å². The molecule has 1 fully saturated rings. The lowest BCUT2D eigenvalue weighted by molar-refractivity contribution is 0.0508. The number of ether oxygens (including phenoxy) is 2. The maximum Gasteiger partial charge on any atom is 0.407 e. The van der Waals surface area contributed by atoms with Crippen LogP contribution in [0.4, 0.5) is 10.5 Å². The predicted molar refractivity (Wildman–Crippen MR) is 87.8 cm³/mol. The Balaban J connectivity index is 1.90. The standard InChI is InChI=1S/C17H24N2O4/c1-17(2,3)23-16(21)18-13-9-10-19(11-13)14-7-5-12(6-8-14)15(20)22-4/h5-8,13H,9-11H2,1-4H3,(H,18,21)/t13-/m0/s1. The van der Waals surface area contributed by atoms with Crippen molar-refractivity contribution in [2.24, 2.45) is 0 Å². The second-order valence-electron chi connectivity index (χ2n) is 6.62. The Bertz CT molecular complexity index is 563. The lowest BCUT2D eigenvalue weighted by Crippen LogP contribution is -2.40. The summed E-state index contributed by atoms with van der Waals surface area (Å²) in [6.07, 6.45) is 0.475. The molecule has 0 radical (unpaired) electrons. The fourth-order valence-corrected chi connectivity index (χ4v) is 2.51. The number of amides is 1. The van der Waals surface area contributed by atoms with E-state index in [-0.39, 0.29) is 18.1 Å². The van der Waals surface area contributed by atoms with E-state index in [2.05, 4.69) is 15.0 Å². The molecule has 1 amide bonds. The van der Waals surface area contributed by atoms with Gasteiger partial charge in [-0.05, 0) is 51.5 Å². The number of anilines is 1. The first kappa shape index (κ1) is 17.1. The van der Waals surface area contributed by atoms with Crippen LogP contribution in [0.15, 0.2) is 24.3 Å². The van der Waals surface area contributed by atoms with Gasteiger partial charge in [-0.1, -0.05) is 0 Å². The van der Waals surface area contributed by atoms with Crippen molar-refractivity contribution < 1.29 is 19.1 Å². The quantitative estimate of drug-likeness (QED) is 0.867. The van der Waals surface area contributed by atoms with E-state index in [9.17, 15) is 9.59 Å². The van der Waals surface area contributed by atoms with E-state index >= 15 is 0 Å². The van der Waals surface area contributed by atoms with E-state index in [4.69, 9.17) is 4.74 Å². The second kappa shape index (κ2) is 6.89. The van der Waals surface area contributed by atoms with Crippen LogP contribution in [0.3, 0.4) is 0 Å². The summed E-state index contributed by atoms with van der Waals surface area (Å²) in [6.45, 7) is 7.10. The number of benzene rings is 1. The van der Waals surface area contributed by atoms with Crippen molar-refractivity contribution >= 4 is 17.7 Å². The van der Waals surface area contributed by atoms with Gasteiger partial charge in [0, 0.05) is 18.8 Å². The van der Waals surface area contributed by atoms with Crippen LogP contribution in [0, 0.1) is 0 Å². The fourth-order valence-electron chi connectivity index (χ4n) is 2.51. The lowest BCUT2D eigenvalue weighted by atomic mass is 10.2. The van der Waals surface area contributed by atoms with Crippen LogP contribution in [0.5, 0.6) is 0 Å². The summed E-state index contributed by atoms with van der Waals surface area (Å²) in [5, 5.41) is 2.90. The van der Waals surface area contributed by atoms with Gasteiger partial charge in [-0.3, -0.25) is 0 Å². The smallest absolute Gasteiger partial charge is 0.407 e. The minimum atomic E-state index is -0.494. The van der Waals surface area contributed by atoms with Gasteiger partial charge in [0.05, 0.1) is 18.7 Å². The molecule has 0 unspecified atom stereocenters. The fraction of sp³-hybridized carbons (Fsp3) is 0.529. The van der Waals surface area contributed by atoms with Crippen LogP contribution in [0.2, 0.25) is 0 Å². The lowest BCUT2D eigenvalue weighted by Gasteiger charge is -2.22. The van der Waals surface area contributed by atoms with Gasteiger partial charge in [-0.15, -0.1) is 0 Å². The molecule has 6 nitrogen and oxygen atoms in total. The van der Waals surface area contributed by atoms with Crippen LogP contribution >= 0.6 is 0 Å². The molecule has 0 bridgehead atoms. The highest BCUT2D eigenvalue weighted by Gasteiger charge is 2.26. The minimum absolute atomic E-state index is 0.0603. The maximum absolute atomic E-state index is 11.8. The summed E-state index contributed by atoms with van der Waals surface area (Å²) in [5.41, 5.74) is 1.05. The molecular weight excluding hydrogens is 296 g/mol. The summed E-state index contributed by atoms with van der Waals surface area (Å²) >= 11 is 0. The van der Waals surface area contributed by atoms with Gasteiger partial charge < -0.3 is 19.7 Å². The van der Waals surface area contributed by atoms with Crippen molar-refractivity contribution in [2.75, 3.05) is 25.1 Å². The molecule has 1 saturated heterocycles. The maximum atomic E-state index is 11.8. The molecule has 2 rings (SSSR count). The van der Waals surface area contributed by atoms with Gasteiger partial charge in [0.25, 0.3) is 0 Å². The molecule has 6 heteroatoms. The van der Waals surface area contributed by atoms with Crippen molar-refractivity contribution in [3.8, 4) is 0 Å². The van der Waals surface area contributed by atoms with Crippen LogP contribution in [-0.4, -0.2) is 43.9 Å². The zero-order valence-electron chi connectivity index (χ0n) is 14.1. The number of carbonyl (C=O) groups excluding carboxylic acids is 2. The average Bonchev–Trinajstić information content (AvgIpc) is 2.93. The van der Waals surface area contributed by atoms with E-state index < -0.39 is 5.60 Å². The first-order chi connectivity index (χ1) is 10.8. The Morgan fingerprint density at radius 1 is 1.22 bits per heavy atom. The van der Waals surface area contributed by atoms with E-state index in [1.54, 1.807) is 12.1 Å². The summed E-state index contributed by atoms with van der Waals surface area (Å²) in [7, 11) is 1.36. The number of methoxy groups -OCH3 is 1. The number of esters is 1. The van der Waals surface area contributed by atoms with E-state index in [0.29, 0.717) is 5.56 Å². The number of nitrogens with one attached hydrogen (secondary N) is 1. The zero-order valence-corrected chi connectivity index (χ0v) is 14.1. The van der Waals surface area contributed by atoms with Crippen LogP contribution < -0.4 is 10.2 Å². The third kappa shape index (κ3) is 4.87. The summed E-state index contributed by atoms with van der Waals surface area (Å²) in [5.74, 6) is -0.345. The molecule has 0 saturated carbocycles. The highest BCUT2D eigenvalue weighted by atomic mass is 16.6. The third-order valence-corrected chi connectivity index (χ3v) is 3.56. The van der Waals surface area contributed by atoms with Crippen LogP contribution in [0.1, 0.15) is 37.6 Å². The highest BCUT2D eigenvalue weighted by molar-refractivity contribution is 5.89. The molecule has 1 aromatic carbocycles. The number of alkyl carbamates (subject to hydrolysis) is 1. The largest absolute Gasteiger partial charge is 0.465 e. The van der Waals surface area contributed by atoms with Crippen LogP contribution in [0.25, 0.3) is 0 Å². The molecular formula is C17H24N2O4. The summed E-state index contributed by atoms with van der Waals surface area (Å²) in [6, 6.07) is 7.33. The van der Waals surface area contributed by atoms with Gasteiger partial charge >= 0.3 is 12.1 Å². The predicted octanol–water partition coefficient (Wildman–Crippen LogP) is 2.58. The number of nitrogens with zero attached hydrogens (tertiary/aromatic N) is 1. The summed E-state index contributed by atoms with van der Waals surface area (Å²) < 4.78 is 9.96. The van der Waals surface area contributed by atoms with E-state index in [0.717, 1.165) is 25.2 Å². The van der Waals surface area contributed by atoms with Gasteiger partial charge in [0.15, 0.2) is 0 Å². The topological polar surface area (TPSA) is 67.9 Å². The normalized spacial score (nSPS) is 17.7. The SMILES string of the molecule is COC(=O)c1ccc(N2CC[C@H](NC(=O)OC(C)(C)C)C2)cc1. The monoisotopic (exact) mass is 320 g/mol. The Hall–Kier alpha value is -2.24. The van der Waals surface area contributed by atoms with Gasteiger partial charge in [-0.2, -0.15) is 0 Å². The molecule has 1 N–H and O–H groups in total. The second-order valence-corrected chi connectivity index (χ2v) is 6.62. The van der Waals surface area contributed by atoms with E-state index in [1.165, 1.54) is 7.11 Å². The Labute approximate surface area is 136 Å². The molecule has 1 aliphatic rings. The van der Waals surface area contributed by atoms with Crippen LogP contribution in [-0.2, 0) is 9.47 Å². The minimum Gasteiger partial charge on any atom is -0.465 e. The zero-order chi connectivity index (χ0) is 17.0. The van der Waals surface area contributed by atoms with Gasteiger partial charge in [0.1, 0.15) is 5.60 Å². The molecule has 0 spiro atoms. The number of hydrogen-bond acceptors (Lipinski definition) is 5. The third-order valence-electron chi connectivity index (χ3n) is 3.56. The highest BCUT2D eigenvalue weighted by Crippen LogP contribution is 2.21. The summed E-state index contributed by atoms with van der Waals surface area (Å²) in [4.78, 5) is 25.4. The number of hydrogen-bond donors (Lipinski definition) is 1. The molecule has 0 aliphatic carbocycles. The van der Waals surface area contributed by atoms with Crippen molar-refractivity contribution in [3.63, 3.8) is 0 Å². The number of rotatable bonds is 3. The van der Waals surface area contributed by atoms with Crippen molar-refractivity contribution in [1.29, 1.82) is 0 Å². The van der Waals surface area contributed by atoms with Crippen molar-refractivity contribution in [3.05, 3.63) is 29.8 Å².